The minimum absolute atomic E-state index is 0.0610. The van der Waals surface area contributed by atoms with E-state index >= 15 is 0 Å². The molecular formula is C27H31F3. The molecule has 2 aliphatic carbocycles. The summed E-state index contributed by atoms with van der Waals surface area (Å²) in [5, 5.41) is 0. The number of benzene rings is 2. The Hall–Kier alpha value is -2.03. The van der Waals surface area contributed by atoms with Crippen molar-refractivity contribution in [3.05, 3.63) is 71.6 Å². The summed E-state index contributed by atoms with van der Waals surface area (Å²) in [6.45, 7) is 2.08. The molecule has 0 heterocycles. The summed E-state index contributed by atoms with van der Waals surface area (Å²) in [4.78, 5) is 0. The van der Waals surface area contributed by atoms with Gasteiger partial charge in [0.1, 0.15) is 17.5 Å². The molecule has 2 aliphatic rings. The molecule has 0 aromatic heterocycles. The zero-order valence-corrected chi connectivity index (χ0v) is 17.7. The topological polar surface area (TPSA) is 0 Å². The highest BCUT2D eigenvalue weighted by Gasteiger charge is 2.36. The van der Waals surface area contributed by atoms with Gasteiger partial charge in [-0.3, -0.25) is 0 Å². The van der Waals surface area contributed by atoms with Gasteiger partial charge in [-0.25, -0.2) is 13.2 Å². The van der Waals surface area contributed by atoms with Crippen LogP contribution in [0.4, 0.5) is 13.2 Å². The lowest BCUT2D eigenvalue weighted by Crippen LogP contribution is -2.30. The molecule has 0 bridgehead atoms. The molecule has 0 amide bonds. The van der Waals surface area contributed by atoms with E-state index in [2.05, 4.69) is 19.1 Å². The van der Waals surface area contributed by atoms with E-state index in [0.29, 0.717) is 11.5 Å². The Morgan fingerprint density at radius 3 is 2.23 bits per heavy atom. The lowest BCUT2D eigenvalue weighted by Gasteiger charge is -2.42. The molecule has 2 aromatic carbocycles. The second-order valence-electron chi connectivity index (χ2n) is 9.22. The van der Waals surface area contributed by atoms with E-state index in [4.69, 9.17) is 0 Å². The van der Waals surface area contributed by atoms with Crippen molar-refractivity contribution in [1.29, 1.82) is 0 Å². The van der Waals surface area contributed by atoms with Crippen LogP contribution in [0.2, 0.25) is 0 Å². The highest BCUT2D eigenvalue weighted by atomic mass is 19.1. The molecule has 3 heteroatoms. The fourth-order valence-electron chi connectivity index (χ4n) is 5.77. The monoisotopic (exact) mass is 412 g/mol. The van der Waals surface area contributed by atoms with Crippen molar-refractivity contribution in [2.75, 3.05) is 0 Å². The summed E-state index contributed by atoms with van der Waals surface area (Å²) >= 11 is 0. The lowest BCUT2D eigenvalue weighted by molar-refractivity contribution is 0.115. The molecule has 4 unspecified atom stereocenters. The lowest BCUT2D eigenvalue weighted by atomic mass is 9.63. The SMILES string of the molecule is C/C=C/CCC1CCC2CC(c3cc(F)c(-c4ccc(F)cc4)c(F)c3)CCC2C1. The average molecular weight is 413 g/mol. The molecule has 2 saturated carbocycles. The van der Waals surface area contributed by atoms with E-state index in [-0.39, 0.29) is 11.5 Å². The molecule has 0 spiro atoms. The number of halogens is 3. The summed E-state index contributed by atoms with van der Waals surface area (Å²) in [7, 11) is 0. The molecule has 30 heavy (non-hydrogen) atoms. The molecule has 2 fully saturated rings. The van der Waals surface area contributed by atoms with Crippen molar-refractivity contribution in [3.8, 4) is 11.1 Å². The fourth-order valence-corrected chi connectivity index (χ4v) is 5.77. The molecule has 4 atom stereocenters. The largest absolute Gasteiger partial charge is 0.207 e. The summed E-state index contributed by atoms with van der Waals surface area (Å²) < 4.78 is 42.8. The molecule has 2 aromatic rings. The molecule has 0 radical (unpaired) electrons. The third-order valence-electron chi connectivity index (χ3n) is 7.37. The van der Waals surface area contributed by atoms with Crippen molar-refractivity contribution in [1.82, 2.24) is 0 Å². The van der Waals surface area contributed by atoms with Crippen molar-refractivity contribution < 1.29 is 13.2 Å². The van der Waals surface area contributed by atoms with Crippen LogP contribution in [0.1, 0.15) is 69.8 Å². The Balaban J connectivity index is 1.44. The van der Waals surface area contributed by atoms with Gasteiger partial charge in [-0.15, -0.1) is 0 Å². The first-order valence-electron chi connectivity index (χ1n) is 11.4. The van der Waals surface area contributed by atoms with E-state index < -0.39 is 17.5 Å². The van der Waals surface area contributed by atoms with Gasteiger partial charge in [-0.1, -0.05) is 30.7 Å². The van der Waals surface area contributed by atoms with Crippen LogP contribution in [-0.2, 0) is 0 Å². The summed E-state index contributed by atoms with van der Waals surface area (Å²) in [5.41, 5.74) is 1.09. The quantitative estimate of drug-likeness (QED) is 0.432. The van der Waals surface area contributed by atoms with Crippen molar-refractivity contribution in [3.63, 3.8) is 0 Å². The third kappa shape index (κ3) is 4.66. The van der Waals surface area contributed by atoms with E-state index in [0.717, 1.165) is 30.2 Å². The molecule has 0 saturated heterocycles. The second kappa shape index (κ2) is 9.41. The Labute approximate surface area is 178 Å². The second-order valence-corrected chi connectivity index (χ2v) is 9.22. The van der Waals surface area contributed by atoms with Crippen LogP contribution in [0.3, 0.4) is 0 Å². The number of fused-ring (bicyclic) bond motifs is 1. The zero-order valence-electron chi connectivity index (χ0n) is 17.7. The molecular weight excluding hydrogens is 381 g/mol. The van der Waals surface area contributed by atoms with Crippen molar-refractivity contribution in [2.24, 2.45) is 17.8 Å². The van der Waals surface area contributed by atoms with Gasteiger partial charge >= 0.3 is 0 Å². The summed E-state index contributed by atoms with van der Waals surface area (Å²) in [6, 6.07) is 8.34. The van der Waals surface area contributed by atoms with Gasteiger partial charge < -0.3 is 0 Å². The van der Waals surface area contributed by atoms with E-state index in [1.165, 1.54) is 74.9 Å². The molecule has 0 N–H and O–H groups in total. The Bertz CT molecular complexity index is 860. The molecule has 0 aliphatic heterocycles. The van der Waals surface area contributed by atoms with Crippen LogP contribution in [-0.4, -0.2) is 0 Å². The van der Waals surface area contributed by atoms with Gasteiger partial charge in [0.25, 0.3) is 0 Å². The van der Waals surface area contributed by atoms with Crippen LogP contribution in [0.15, 0.2) is 48.6 Å². The first-order valence-corrected chi connectivity index (χ1v) is 11.4. The van der Waals surface area contributed by atoms with E-state index in [1.807, 2.05) is 0 Å². The van der Waals surface area contributed by atoms with E-state index in [9.17, 15) is 13.2 Å². The van der Waals surface area contributed by atoms with Gasteiger partial charge in [-0.2, -0.15) is 0 Å². The van der Waals surface area contributed by atoms with Crippen LogP contribution < -0.4 is 0 Å². The van der Waals surface area contributed by atoms with Crippen LogP contribution in [0.5, 0.6) is 0 Å². The van der Waals surface area contributed by atoms with Crippen LogP contribution >= 0.6 is 0 Å². The summed E-state index contributed by atoms with van der Waals surface area (Å²) in [5.74, 6) is 1.02. The van der Waals surface area contributed by atoms with E-state index in [1.54, 1.807) is 0 Å². The standard InChI is InChI=1S/C27H31F3/c1-2-3-4-5-18-6-7-21-15-22(9-8-20(21)14-18)23-16-25(29)27(26(30)17-23)19-10-12-24(28)13-11-19/h2-3,10-13,16-18,20-22H,4-9,14-15H2,1H3/b3-2+. The smallest absolute Gasteiger partial charge is 0.134 e. The Morgan fingerprint density at radius 2 is 1.53 bits per heavy atom. The summed E-state index contributed by atoms with van der Waals surface area (Å²) in [6.07, 6.45) is 14.0. The number of hydrogen-bond donors (Lipinski definition) is 0. The predicted octanol–water partition coefficient (Wildman–Crippen LogP) is 8.43. The van der Waals surface area contributed by atoms with Gasteiger partial charge in [0.05, 0.1) is 5.56 Å². The number of allylic oxidation sites excluding steroid dienone is 2. The third-order valence-corrected chi connectivity index (χ3v) is 7.37. The van der Waals surface area contributed by atoms with Crippen molar-refractivity contribution in [2.45, 2.75) is 64.2 Å². The minimum Gasteiger partial charge on any atom is -0.207 e. The number of hydrogen-bond acceptors (Lipinski definition) is 0. The number of rotatable bonds is 5. The normalized spacial score (nSPS) is 26.7. The zero-order chi connectivity index (χ0) is 21.1. The average Bonchev–Trinajstić information content (AvgIpc) is 2.74. The minimum atomic E-state index is -0.550. The van der Waals surface area contributed by atoms with Crippen molar-refractivity contribution >= 4 is 0 Å². The first kappa shape index (κ1) is 21.2. The van der Waals surface area contributed by atoms with Gasteiger partial charge in [0.15, 0.2) is 0 Å². The predicted molar refractivity (Wildman–Crippen MR) is 117 cm³/mol. The van der Waals surface area contributed by atoms with Crippen LogP contribution in [0.25, 0.3) is 11.1 Å². The molecule has 0 nitrogen and oxygen atoms in total. The molecule has 160 valence electrons. The first-order chi connectivity index (χ1) is 14.5. The van der Waals surface area contributed by atoms with Gasteiger partial charge in [-0.05, 0) is 111 Å². The van der Waals surface area contributed by atoms with Gasteiger partial charge in [0, 0.05) is 0 Å². The highest BCUT2D eigenvalue weighted by Crippen LogP contribution is 2.48. The molecule has 4 rings (SSSR count). The highest BCUT2D eigenvalue weighted by molar-refractivity contribution is 5.65. The maximum Gasteiger partial charge on any atom is 0.134 e. The fraction of sp³-hybridized carbons (Fsp3) is 0.481. The maximum atomic E-state index is 14.8. The Kier molecular flexibility index (Phi) is 6.65. The Morgan fingerprint density at radius 1 is 0.867 bits per heavy atom. The van der Waals surface area contributed by atoms with Gasteiger partial charge in [0.2, 0.25) is 0 Å². The van der Waals surface area contributed by atoms with Crippen LogP contribution in [0, 0.1) is 35.2 Å². The maximum absolute atomic E-state index is 14.8.